The summed E-state index contributed by atoms with van der Waals surface area (Å²) in [4.78, 5) is 4.71. The lowest BCUT2D eigenvalue weighted by Gasteiger charge is -2.10. The number of aryl methyl sites for hydroxylation is 2. The van der Waals surface area contributed by atoms with E-state index in [1.54, 1.807) is 0 Å². The standard InChI is InChI=1S/C15H21N3S/c1-18-14-6-3-2-5-13(14)17-15(18)7-4-9-16-12-8-10-19-11-12/h2-3,5-6,12,16H,4,7-11H2,1H3/t12-/m1/s1. The van der Waals surface area contributed by atoms with Crippen LogP contribution in [-0.4, -0.2) is 33.6 Å². The fraction of sp³-hybridized carbons (Fsp3) is 0.533. The fourth-order valence-electron chi connectivity index (χ4n) is 2.67. The molecule has 4 heteroatoms. The number of rotatable bonds is 5. The lowest BCUT2D eigenvalue weighted by Crippen LogP contribution is -2.29. The fourth-order valence-corrected chi connectivity index (χ4v) is 3.85. The number of imidazole rings is 1. The van der Waals surface area contributed by atoms with Crippen LogP contribution in [-0.2, 0) is 13.5 Å². The van der Waals surface area contributed by atoms with Crippen molar-refractivity contribution in [2.45, 2.75) is 25.3 Å². The van der Waals surface area contributed by atoms with E-state index in [-0.39, 0.29) is 0 Å². The zero-order valence-electron chi connectivity index (χ0n) is 11.4. The Bertz CT molecular complexity index is 543. The first-order valence-corrected chi connectivity index (χ1v) is 8.21. The van der Waals surface area contributed by atoms with Crippen LogP contribution in [0.5, 0.6) is 0 Å². The molecule has 1 fully saturated rings. The Morgan fingerprint density at radius 3 is 3.11 bits per heavy atom. The molecule has 1 saturated heterocycles. The highest BCUT2D eigenvalue weighted by atomic mass is 32.2. The lowest BCUT2D eigenvalue weighted by molar-refractivity contribution is 0.539. The first kappa shape index (κ1) is 13.0. The number of aromatic nitrogens is 2. The minimum Gasteiger partial charge on any atom is -0.331 e. The lowest BCUT2D eigenvalue weighted by atomic mass is 10.2. The summed E-state index contributed by atoms with van der Waals surface area (Å²) in [5, 5.41) is 3.65. The molecule has 102 valence electrons. The molecule has 19 heavy (non-hydrogen) atoms. The van der Waals surface area contributed by atoms with Crippen LogP contribution in [0.2, 0.25) is 0 Å². The van der Waals surface area contributed by atoms with Crippen LogP contribution >= 0.6 is 11.8 Å². The number of nitrogens with one attached hydrogen (secondary N) is 1. The van der Waals surface area contributed by atoms with Gasteiger partial charge in [0.05, 0.1) is 11.0 Å². The Hall–Kier alpha value is -1.00. The minimum atomic E-state index is 0.741. The maximum absolute atomic E-state index is 4.71. The van der Waals surface area contributed by atoms with Crippen LogP contribution in [0.15, 0.2) is 24.3 Å². The number of thioether (sulfide) groups is 1. The first-order valence-electron chi connectivity index (χ1n) is 7.06. The van der Waals surface area contributed by atoms with Crippen molar-refractivity contribution in [1.29, 1.82) is 0 Å². The molecule has 1 aliphatic heterocycles. The zero-order chi connectivity index (χ0) is 13.1. The van der Waals surface area contributed by atoms with Crippen molar-refractivity contribution in [2.75, 3.05) is 18.1 Å². The largest absolute Gasteiger partial charge is 0.331 e. The van der Waals surface area contributed by atoms with E-state index in [0.29, 0.717) is 0 Å². The summed E-state index contributed by atoms with van der Waals surface area (Å²) in [7, 11) is 2.12. The average Bonchev–Trinajstić information content (AvgIpc) is 3.04. The van der Waals surface area contributed by atoms with Gasteiger partial charge in [0.15, 0.2) is 0 Å². The van der Waals surface area contributed by atoms with Gasteiger partial charge < -0.3 is 9.88 Å². The monoisotopic (exact) mass is 275 g/mol. The second-order valence-electron chi connectivity index (χ2n) is 5.19. The predicted molar refractivity (Wildman–Crippen MR) is 82.8 cm³/mol. The molecule has 3 nitrogen and oxygen atoms in total. The van der Waals surface area contributed by atoms with Gasteiger partial charge in [-0.05, 0) is 37.3 Å². The first-order chi connectivity index (χ1) is 9.34. The molecule has 0 bridgehead atoms. The van der Waals surface area contributed by atoms with Gasteiger partial charge in [-0.3, -0.25) is 0 Å². The number of fused-ring (bicyclic) bond motifs is 1. The number of nitrogens with zero attached hydrogens (tertiary/aromatic N) is 2. The summed E-state index contributed by atoms with van der Waals surface area (Å²) in [6.07, 6.45) is 3.55. The molecule has 0 unspecified atom stereocenters. The Morgan fingerprint density at radius 2 is 2.32 bits per heavy atom. The van der Waals surface area contributed by atoms with Gasteiger partial charge in [-0.25, -0.2) is 4.98 Å². The number of para-hydroxylation sites is 2. The molecule has 3 rings (SSSR count). The van der Waals surface area contributed by atoms with Gasteiger partial charge in [-0.2, -0.15) is 11.8 Å². The molecule has 1 N–H and O–H groups in total. The highest BCUT2D eigenvalue weighted by Crippen LogP contribution is 2.17. The van der Waals surface area contributed by atoms with Crippen LogP contribution in [0.25, 0.3) is 11.0 Å². The predicted octanol–water partition coefficient (Wildman–Crippen LogP) is 2.60. The van der Waals surface area contributed by atoms with E-state index < -0.39 is 0 Å². The summed E-state index contributed by atoms with van der Waals surface area (Å²) in [6.45, 7) is 1.11. The van der Waals surface area contributed by atoms with E-state index in [0.717, 1.165) is 24.5 Å². The zero-order valence-corrected chi connectivity index (χ0v) is 12.2. The molecule has 1 aromatic carbocycles. The SMILES string of the molecule is Cn1c(CCCN[C@@H]2CCSC2)nc2ccccc21. The number of hydrogen-bond donors (Lipinski definition) is 1. The van der Waals surface area contributed by atoms with E-state index >= 15 is 0 Å². The van der Waals surface area contributed by atoms with Crippen LogP contribution in [0.1, 0.15) is 18.7 Å². The number of benzene rings is 1. The highest BCUT2D eigenvalue weighted by Gasteiger charge is 2.14. The average molecular weight is 275 g/mol. The Labute approximate surface area is 118 Å². The molecule has 0 amide bonds. The normalized spacial score (nSPS) is 19.3. The molecule has 0 aliphatic carbocycles. The van der Waals surface area contributed by atoms with E-state index in [2.05, 4.69) is 53.0 Å². The van der Waals surface area contributed by atoms with Crippen LogP contribution < -0.4 is 5.32 Å². The van der Waals surface area contributed by atoms with Crippen molar-refractivity contribution in [3.8, 4) is 0 Å². The van der Waals surface area contributed by atoms with E-state index in [4.69, 9.17) is 4.98 Å². The smallest absolute Gasteiger partial charge is 0.109 e. The van der Waals surface area contributed by atoms with Gasteiger partial charge in [0, 0.05) is 25.3 Å². The summed E-state index contributed by atoms with van der Waals surface area (Å²) in [5.74, 6) is 3.80. The minimum absolute atomic E-state index is 0.741. The maximum Gasteiger partial charge on any atom is 0.109 e. The third kappa shape index (κ3) is 2.95. The van der Waals surface area contributed by atoms with E-state index in [1.165, 1.54) is 35.7 Å². The number of hydrogen-bond acceptors (Lipinski definition) is 3. The molecule has 1 atom stereocenters. The maximum atomic E-state index is 4.71. The van der Waals surface area contributed by atoms with Crippen LogP contribution in [0.3, 0.4) is 0 Å². The third-order valence-corrected chi connectivity index (χ3v) is 4.98. The summed E-state index contributed by atoms with van der Waals surface area (Å²) < 4.78 is 2.22. The molecular formula is C15H21N3S. The van der Waals surface area contributed by atoms with E-state index in [1.807, 2.05) is 0 Å². The molecule has 0 radical (unpaired) electrons. The summed E-state index contributed by atoms with van der Waals surface area (Å²) >= 11 is 2.06. The van der Waals surface area contributed by atoms with Crippen molar-refractivity contribution in [3.63, 3.8) is 0 Å². The Balaban J connectivity index is 1.54. The molecule has 2 heterocycles. The molecular weight excluding hydrogens is 254 g/mol. The molecule has 1 aromatic heterocycles. The second kappa shape index (κ2) is 5.97. The Kier molecular flexibility index (Phi) is 4.09. The topological polar surface area (TPSA) is 29.9 Å². The van der Waals surface area contributed by atoms with Gasteiger partial charge >= 0.3 is 0 Å². The van der Waals surface area contributed by atoms with Crippen molar-refractivity contribution in [3.05, 3.63) is 30.1 Å². The molecule has 2 aromatic rings. The van der Waals surface area contributed by atoms with Gasteiger partial charge in [-0.15, -0.1) is 0 Å². The second-order valence-corrected chi connectivity index (χ2v) is 6.34. The summed E-state index contributed by atoms with van der Waals surface area (Å²) in [5.41, 5.74) is 2.35. The van der Waals surface area contributed by atoms with Crippen molar-refractivity contribution in [1.82, 2.24) is 14.9 Å². The van der Waals surface area contributed by atoms with Crippen LogP contribution in [0, 0.1) is 0 Å². The Morgan fingerprint density at radius 1 is 1.42 bits per heavy atom. The van der Waals surface area contributed by atoms with Crippen LogP contribution in [0.4, 0.5) is 0 Å². The van der Waals surface area contributed by atoms with Gasteiger partial charge in [-0.1, -0.05) is 12.1 Å². The highest BCUT2D eigenvalue weighted by molar-refractivity contribution is 7.99. The molecule has 0 spiro atoms. The van der Waals surface area contributed by atoms with Crippen molar-refractivity contribution >= 4 is 22.8 Å². The molecule has 0 saturated carbocycles. The quantitative estimate of drug-likeness (QED) is 0.851. The third-order valence-electron chi connectivity index (χ3n) is 3.82. The van der Waals surface area contributed by atoms with Crippen molar-refractivity contribution in [2.24, 2.45) is 7.05 Å². The summed E-state index contributed by atoms with van der Waals surface area (Å²) in [6, 6.07) is 9.10. The van der Waals surface area contributed by atoms with E-state index in [9.17, 15) is 0 Å². The van der Waals surface area contributed by atoms with Gasteiger partial charge in [0.25, 0.3) is 0 Å². The van der Waals surface area contributed by atoms with Crippen molar-refractivity contribution < 1.29 is 0 Å². The van der Waals surface area contributed by atoms with Gasteiger partial charge in [0.2, 0.25) is 0 Å². The van der Waals surface area contributed by atoms with Gasteiger partial charge in [0.1, 0.15) is 5.82 Å². The molecule has 1 aliphatic rings.